The predicted molar refractivity (Wildman–Crippen MR) is 103 cm³/mol. The van der Waals surface area contributed by atoms with E-state index >= 15 is 0 Å². The van der Waals surface area contributed by atoms with Crippen LogP contribution in [0.15, 0.2) is 29.1 Å². The first-order chi connectivity index (χ1) is 12.4. The van der Waals surface area contributed by atoms with Gasteiger partial charge in [-0.2, -0.15) is 0 Å². The second kappa shape index (κ2) is 6.61. The van der Waals surface area contributed by atoms with Crippen molar-refractivity contribution in [2.24, 2.45) is 5.92 Å². The van der Waals surface area contributed by atoms with Gasteiger partial charge in [0.2, 0.25) is 5.91 Å². The normalized spacial score (nSPS) is 20.0. The summed E-state index contributed by atoms with van der Waals surface area (Å²) in [5.41, 5.74) is 2.24. The molecule has 4 rings (SSSR count). The zero-order valence-corrected chi connectivity index (χ0v) is 16.1. The molecule has 136 valence electrons. The van der Waals surface area contributed by atoms with E-state index in [-0.39, 0.29) is 17.9 Å². The van der Waals surface area contributed by atoms with Crippen molar-refractivity contribution in [2.45, 2.75) is 38.4 Å². The number of carbonyl (C=O) groups is 1. The lowest BCUT2D eigenvalue weighted by Gasteiger charge is -2.34. The summed E-state index contributed by atoms with van der Waals surface area (Å²) >= 11 is 2.91. The number of fused-ring (bicyclic) bond motifs is 1. The van der Waals surface area contributed by atoms with Crippen LogP contribution in [-0.2, 0) is 10.4 Å². The van der Waals surface area contributed by atoms with Crippen LogP contribution in [0.1, 0.15) is 32.4 Å². The molecule has 2 N–H and O–H groups in total. The monoisotopic (exact) mass is 389 g/mol. The van der Waals surface area contributed by atoms with E-state index < -0.39 is 5.60 Å². The van der Waals surface area contributed by atoms with Crippen molar-refractivity contribution in [3.8, 4) is 5.75 Å². The van der Waals surface area contributed by atoms with E-state index in [1.807, 2.05) is 23.7 Å². The molecule has 2 heterocycles. The fraction of sp³-hybridized carbons (Fsp3) is 0.389. The van der Waals surface area contributed by atoms with Crippen LogP contribution in [0.2, 0.25) is 0 Å². The maximum absolute atomic E-state index is 12.3. The van der Waals surface area contributed by atoms with Crippen LogP contribution in [0.25, 0.3) is 10.2 Å². The van der Waals surface area contributed by atoms with E-state index in [9.17, 15) is 9.90 Å². The molecule has 0 saturated heterocycles. The lowest BCUT2D eigenvalue weighted by molar-refractivity contribution is -0.125. The molecule has 6 nitrogen and oxygen atoms in total. The number of hydrogen-bond donors (Lipinski definition) is 2. The zero-order chi connectivity index (χ0) is 18.3. The molecule has 8 heteroatoms. The number of aromatic nitrogens is 2. The van der Waals surface area contributed by atoms with Crippen LogP contribution < -0.4 is 10.1 Å². The van der Waals surface area contributed by atoms with Crippen LogP contribution in [0, 0.1) is 5.92 Å². The first-order valence-corrected chi connectivity index (χ1v) is 10.1. The fourth-order valence-electron chi connectivity index (χ4n) is 2.83. The number of benzene rings is 1. The Morgan fingerprint density at radius 1 is 1.35 bits per heavy atom. The zero-order valence-electron chi connectivity index (χ0n) is 14.4. The average molecular weight is 390 g/mol. The molecule has 3 aromatic rings. The number of carbonyl (C=O) groups excluding carboxylic acids is 1. The van der Waals surface area contributed by atoms with Gasteiger partial charge in [-0.1, -0.05) is 6.07 Å². The summed E-state index contributed by atoms with van der Waals surface area (Å²) in [6, 6.07) is 5.90. The molecule has 0 radical (unpaired) electrons. The minimum atomic E-state index is -1.01. The Morgan fingerprint density at radius 3 is 2.88 bits per heavy atom. The summed E-state index contributed by atoms with van der Waals surface area (Å²) in [7, 11) is 0. The average Bonchev–Trinajstić information content (AvgIpc) is 3.18. The highest BCUT2D eigenvalue weighted by atomic mass is 32.1. The molecule has 1 aliphatic carbocycles. The maximum atomic E-state index is 12.3. The summed E-state index contributed by atoms with van der Waals surface area (Å²) < 4.78 is 7.12. The molecule has 0 spiro atoms. The number of rotatable bonds is 5. The lowest BCUT2D eigenvalue weighted by Crippen LogP contribution is -2.40. The van der Waals surface area contributed by atoms with Crippen molar-refractivity contribution in [3.63, 3.8) is 0 Å². The van der Waals surface area contributed by atoms with Crippen molar-refractivity contribution >= 4 is 43.9 Å². The second-order valence-electron chi connectivity index (χ2n) is 6.95. The number of para-hydroxylation sites is 1. The molecule has 0 unspecified atom stereocenters. The molecule has 2 aromatic heterocycles. The lowest BCUT2D eigenvalue weighted by atomic mass is 9.81. The summed E-state index contributed by atoms with van der Waals surface area (Å²) in [5.74, 6) is 0.653. The summed E-state index contributed by atoms with van der Waals surface area (Å²) in [4.78, 5) is 21.0. The van der Waals surface area contributed by atoms with E-state index in [2.05, 4.69) is 15.3 Å². The Labute approximate surface area is 158 Å². The van der Waals surface area contributed by atoms with Crippen molar-refractivity contribution in [1.82, 2.24) is 9.97 Å². The summed E-state index contributed by atoms with van der Waals surface area (Å²) in [6.45, 7) is 3.34. The predicted octanol–water partition coefficient (Wildman–Crippen LogP) is 3.78. The van der Waals surface area contributed by atoms with E-state index in [0.717, 1.165) is 16.0 Å². The van der Waals surface area contributed by atoms with Crippen LogP contribution in [0.4, 0.5) is 5.13 Å². The molecule has 1 amide bonds. The highest BCUT2D eigenvalue weighted by Crippen LogP contribution is 2.35. The number of amides is 1. The van der Waals surface area contributed by atoms with Gasteiger partial charge in [-0.3, -0.25) is 4.79 Å². The van der Waals surface area contributed by atoms with E-state index in [0.29, 0.717) is 23.7 Å². The number of anilines is 1. The highest BCUT2D eigenvalue weighted by Gasteiger charge is 2.37. The van der Waals surface area contributed by atoms with E-state index in [1.54, 1.807) is 30.6 Å². The standard InChI is InChI=1S/C18H19N3O3S2/c1-18(2,23)14-8-25-17(20-14)21-16(22)10-6-11(7-10)24-12-4-3-5-13-15(12)19-9-26-13/h3-5,8-11,23H,6-7H2,1-2H3,(H,20,21,22)/t10-,11-. The summed E-state index contributed by atoms with van der Waals surface area (Å²) in [6.07, 6.45) is 1.38. The molecular weight excluding hydrogens is 370 g/mol. The van der Waals surface area contributed by atoms with Crippen LogP contribution in [-0.4, -0.2) is 27.1 Å². The molecule has 26 heavy (non-hydrogen) atoms. The minimum absolute atomic E-state index is 0.0290. The van der Waals surface area contributed by atoms with Gasteiger partial charge >= 0.3 is 0 Å². The Bertz CT molecular complexity index is 938. The van der Waals surface area contributed by atoms with Gasteiger partial charge in [-0.25, -0.2) is 9.97 Å². The number of hydrogen-bond acceptors (Lipinski definition) is 7. The van der Waals surface area contributed by atoms with Crippen molar-refractivity contribution in [1.29, 1.82) is 0 Å². The van der Waals surface area contributed by atoms with Crippen molar-refractivity contribution in [3.05, 3.63) is 34.8 Å². The van der Waals surface area contributed by atoms with Crippen molar-refractivity contribution in [2.75, 3.05) is 5.32 Å². The van der Waals surface area contributed by atoms with Crippen LogP contribution in [0.3, 0.4) is 0 Å². The summed E-state index contributed by atoms with van der Waals surface area (Å²) in [5, 5.41) is 15.1. The van der Waals surface area contributed by atoms with Gasteiger partial charge in [0.1, 0.15) is 23.0 Å². The maximum Gasteiger partial charge on any atom is 0.229 e. The van der Waals surface area contributed by atoms with Gasteiger partial charge in [0, 0.05) is 11.3 Å². The van der Waals surface area contributed by atoms with E-state index in [1.165, 1.54) is 11.3 Å². The van der Waals surface area contributed by atoms with Crippen LogP contribution in [0.5, 0.6) is 5.75 Å². The van der Waals surface area contributed by atoms with Crippen molar-refractivity contribution < 1.29 is 14.6 Å². The molecule has 0 atom stereocenters. The third-order valence-corrected chi connectivity index (χ3v) is 6.00. The number of nitrogens with one attached hydrogen (secondary N) is 1. The Hall–Kier alpha value is -2.03. The Morgan fingerprint density at radius 2 is 2.15 bits per heavy atom. The largest absolute Gasteiger partial charge is 0.488 e. The quantitative estimate of drug-likeness (QED) is 0.694. The number of ether oxygens (including phenoxy) is 1. The number of nitrogens with zero attached hydrogens (tertiary/aromatic N) is 2. The molecule has 0 aliphatic heterocycles. The Balaban J connectivity index is 1.32. The third kappa shape index (κ3) is 3.44. The number of aliphatic hydroxyl groups is 1. The number of thiazole rings is 2. The third-order valence-electron chi connectivity index (χ3n) is 4.44. The van der Waals surface area contributed by atoms with Gasteiger partial charge in [0.15, 0.2) is 5.13 Å². The molecule has 1 saturated carbocycles. The van der Waals surface area contributed by atoms with Gasteiger partial charge in [0.05, 0.1) is 15.9 Å². The molecule has 1 aromatic carbocycles. The first kappa shape index (κ1) is 17.4. The molecule has 0 bridgehead atoms. The molecule has 1 fully saturated rings. The van der Waals surface area contributed by atoms with Gasteiger partial charge < -0.3 is 15.2 Å². The van der Waals surface area contributed by atoms with Gasteiger partial charge in [-0.15, -0.1) is 22.7 Å². The van der Waals surface area contributed by atoms with Crippen LogP contribution >= 0.6 is 22.7 Å². The first-order valence-electron chi connectivity index (χ1n) is 8.38. The topological polar surface area (TPSA) is 84.3 Å². The highest BCUT2D eigenvalue weighted by molar-refractivity contribution is 7.16. The van der Waals surface area contributed by atoms with E-state index in [4.69, 9.17) is 4.74 Å². The molecular formula is C18H19N3O3S2. The Kier molecular flexibility index (Phi) is 4.42. The molecule has 1 aliphatic rings. The second-order valence-corrected chi connectivity index (χ2v) is 8.69. The minimum Gasteiger partial charge on any atom is -0.488 e. The SMILES string of the molecule is CC(C)(O)c1csc(NC(=O)[C@H]2C[C@H](Oc3cccc4scnc34)C2)n1. The van der Waals surface area contributed by atoms with Gasteiger partial charge in [-0.05, 0) is 38.8 Å². The van der Waals surface area contributed by atoms with Gasteiger partial charge in [0.25, 0.3) is 0 Å². The fourth-order valence-corrected chi connectivity index (χ4v) is 4.40. The smallest absolute Gasteiger partial charge is 0.229 e.